The first kappa shape index (κ1) is 25.8. The Morgan fingerprint density at radius 2 is 1.08 bits per heavy atom. The highest BCUT2D eigenvalue weighted by molar-refractivity contribution is 6.48. The Labute approximate surface area is 174 Å². The Bertz CT molecular complexity index is 297. The summed E-state index contributed by atoms with van der Waals surface area (Å²) in [6, 6.07) is 0. The van der Waals surface area contributed by atoms with Gasteiger partial charge in [0.15, 0.2) is 0 Å². The van der Waals surface area contributed by atoms with Gasteiger partial charge in [0.2, 0.25) is 0 Å². The number of hydrogen-bond donors (Lipinski definition) is 3. The van der Waals surface area contributed by atoms with E-state index in [1.54, 1.807) is 0 Å². The Balaban J connectivity index is 4.85. The summed E-state index contributed by atoms with van der Waals surface area (Å²) in [6.45, 7) is 0.0268. The van der Waals surface area contributed by atoms with Crippen LogP contribution in [0.2, 0.25) is 0 Å². The second kappa shape index (κ2) is 13.1. The molecule has 0 atom stereocenters. The fourth-order valence-electron chi connectivity index (χ4n) is 2.65. The number of rotatable bonds is 14. The molecule has 24 heavy (non-hydrogen) atoms. The van der Waals surface area contributed by atoms with Crippen molar-refractivity contribution in [1.29, 1.82) is 0 Å². The number of alkyl halides is 6. The molecule has 0 aliphatic carbocycles. The van der Waals surface area contributed by atoms with Crippen molar-refractivity contribution >= 4 is 78.7 Å². The maximum Gasteiger partial charge on any atom is 0.671 e. The molecule has 0 aromatic heterocycles. The molecule has 146 valence electrons. The first-order valence-corrected chi connectivity index (χ1v) is 12.0. The van der Waals surface area contributed by atoms with Crippen LogP contribution in [0, 0.1) is 5.41 Å². The maximum atomic E-state index is 8.90. The molecule has 4 nitrogen and oxygen atoms in total. The van der Waals surface area contributed by atoms with Crippen LogP contribution in [0.25, 0.3) is 0 Å². The van der Waals surface area contributed by atoms with Crippen LogP contribution < -0.4 is 0 Å². The third-order valence-corrected chi connectivity index (χ3v) is 5.73. The topological polar surface area (TPSA) is 69.9 Å². The number of halogens is 6. The standard InChI is InChI=1S/C13H24Cl6O4Si/c14-10(15)2-6-13(7-3-11(16)17,8-4-12(18)19)5-1-9-23-24(20,21)22/h10-12,20-22H,1-9H2. The molecule has 0 rings (SSSR count). The van der Waals surface area contributed by atoms with Crippen molar-refractivity contribution in [3.8, 4) is 0 Å². The van der Waals surface area contributed by atoms with Crippen molar-refractivity contribution < 1.29 is 18.8 Å². The van der Waals surface area contributed by atoms with E-state index in [-0.39, 0.29) is 12.0 Å². The second-order valence-electron chi connectivity index (χ2n) is 5.82. The van der Waals surface area contributed by atoms with E-state index in [4.69, 9.17) is 84.0 Å². The molecule has 0 aliphatic rings. The summed E-state index contributed by atoms with van der Waals surface area (Å²) in [6.07, 6.45) is 5.14. The third-order valence-electron chi connectivity index (χ3n) is 3.83. The molecule has 0 aromatic carbocycles. The van der Waals surface area contributed by atoms with Crippen molar-refractivity contribution in [3.63, 3.8) is 0 Å². The molecular formula is C13H24Cl6O4Si. The first-order valence-electron chi connectivity index (χ1n) is 7.61. The molecule has 0 radical (unpaired) electrons. The average molecular weight is 485 g/mol. The lowest BCUT2D eigenvalue weighted by Crippen LogP contribution is -2.39. The van der Waals surface area contributed by atoms with Crippen molar-refractivity contribution in [3.05, 3.63) is 0 Å². The van der Waals surface area contributed by atoms with Gasteiger partial charge in [-0.25, -0.2) is 0 Å². The molecule has 0 fully saturated rings. The summed E-state index contributed by atoms with van der Waals surface area (Å²) in [4.78, 5) is 25.2. The molecule has 0 spiro atoms. The van der Waals surface area contributed by atoms with Crippen LogP contribution in [0.5, 0.6) is 0 Å². The summed E-state index contributed by atoms with van der Waals surface area (Å²) in [5, 5.41) is 0. The van der Waals surface area contributed by atoms with Gasteiger partial charge in [0.1, 0.15) is 14.5 Å². The van der Waals surface area contributed by atoms with Crippen LogP contribution in [-0.4, -0.2) is 44.6 Å². The zero-order valence-corrected chi connectivity index (χ0v) is 18.6. The minimum atomic E-state index is -4.49. The molecule has 0 bridgehead atoms. The van der Waals surface area contributed by atoms with Gasteiger partial charge >= 0.3 is 9.05 Å². The molecule has 0 aliphatic heterocycles. The zero-order valence-electron chi connectivity index (χ0n) is 13.1. The minimum Gasteiger partial charge on any atom is -0.368 e. The van der Waals surface area contributed by atoms with Gasteiger partial charge in [-0.05, 0) is 56.8 Å². The third kappa shape index (κ3) is 14.9. The lowest BCUT2D eigenvalue weighted by molar-refractivity contribution is 0.0557. The maximum absolute atomic E-state index is 8.90. The molecule has 0 heterocycles. The van der Waals surface area contributed by atoms with Gasteiger partial charge in [-0.15, -0.1) is 69.6 Å². The van der Waals surface area contributed by atoms with Gasteiger partial charge < -0.3 is 18.8 Å². The lowest BCUT2D eigenvalue weighted by atomic mass is 9.72. The van der Waals surface area contributed by atoms with Crippen LogP contribution in [0.4, 0.5) is 0 Å². The summed E-state index contributed by atoms with van der Waals surface area (Å²) >= 11 is 35.2. The van der Waals surface area contributed by atoms with E-state index >= 15 is 0 Å². The largest absolute Gasteiger partial charge is 0.671 e. The molecule has 0 saturated heterocycles. The van der Waals surface area contributed by atoms with Gasteiger partial charge in [-0.3, -0.25) is 0 Å². The molecule has 3 N–H and O–H groups in total. The van der Waals surface area contributed by atoms with Crippen molar-refractivity contribution in [1.82, 2.24) is 0 Å². The van der Waals surface area contributed by atoms with E-state index in [0.29, 0.717) is 32.1 Å². The highest BCUT2D eigenvalue weighted by atomic mass is 35.5. The first-order chi connectivity index (χ1) is 11.0. The molecular weight excluding hydrogens is 461 g/mol. The lowest BCUT2D eigenvalue weighted by Gasteiger charge is -2.35. The summed E-state index contributed by atoms with van der Waals surface area (Å²) < 4.78 is 4.65. The van der Waals surface area contributed by atoms with Crippen molar-refractivity contribution in [2.45, 2.75) is 65.9 Å². The van der Waals surface area contributed by atoms with E-state index in [2.05, 4.69) is 4.43 Å². The molecule has 11 heteroatoms. The van der Waals surface area contributed by atoms with Gasteiger partial charge in [-0.1, -0.05) is 0 Å². The summed E-state index contributed by atoms with van der Waals surface area (Å²) in [7, 11) is -4.49. The molecule has 0 amide bonds. The fraction of sp³-hybridized carbons (Fsp3) is 1.00. The predicted molar refractivity (Wildman–Crippen MR) is 104 cm³/mol. The van der Waals surface area contributed by atoms with Crippen LogP contribution in [0.1, 0.15) is 51.4 Å². The van der Waals surface area contributed by atoms with Crippen LogP contribution in [0.3, 0.4) is 0 Å². The smallest absolute Gasteiger partial charge is 0.368 e. The molecule has 0 aromatic rings. The van der Waals surface area contributed by atoms with Gasteiger partial charge in [0.25, 0.3) is 0 Å². The van der Waals surface area contributed by atoms with Gasteiger partial charge in [0.05, 0.1) is 0 Å². The average Bonchev–Trinajstić information content (AvgIpc) is 2.43. The van der Waals surface area contributed by atoms with Crippen LogP contribution in [-0.2, 0) is 4.43 Å². The minimum absolute atomic E-state index is 0.0268. The van der Waals surface area contributed by atoms with E-state index in [1.165, 1.54) is 0 Å². The molecule has 0 unspecified atom stereocenters. The monoisotopic (exact) mass is 482 g/mol. The Kier molecular flexibility index (Phi) is 14.0. The van der Waals surface area contributed by atoms with Crippen molar-refractivity contribution in [2.24, 2.45) is 5.41 Å². The van der Waals surface area contributed by atoms with Gasteiger partial charge in [0, 0.05) is 6.61 Å². The highest BCUT2D eigenvalue weighted by Crippen LogP contribution is 2.43. The Hall–Kier alpha value is 1.80. The van der Waals surface area contributed by atoms with Crippen molar-refractivity contribution in [2.75, 3.05) is 6.61 Å². The van der Waals surface area contributed by atoms with Crippen LogP contribution in [0.15, 0.2) is 0 Å². The van der Waals surface area contributed by atoms with E-state index in [0.717, 1.165) is 19.3 Å². The fourth-order valence-corrected chi connectivity index (χ4v) is 3.73. The Morgan fingerprint density at radius 3 is 1.38 bits per heavy atom. The second-order valence-corrected chi connectivity index (χ2v) is 11.1. The van der Waals surface area contributed by atoms with E-state index in [9.17, 15) is 0 Å². The zero-order chi connectivity index (χ0) is 18.8. The van der Waals surface area contributed by atoms with E-state index in [1.807, 2.05) is 0 Å². The quantitative estimate of drug-likeness (QED) is 0.186. The van der Waals surface area contributed by atoms with E-state index < -0.39 is 23.6 Å². The SMILES string of the molecule is O[Si](O)(O)OCCCC(CCC(Cl)Cl)(CCC(Cl)Cl)CCC(Cl)Cl. The molecule has 0 saturated carbocycles. The Morgan fingerprint density at radius 1 is 0.708 bits per heavy atom. The number of hydrogen-bond acceptors (Lipinski definition) is 4. The summed E-state index contributed by atoms with van der Waals surface area (Å²) in [5.41, 5.74) is -0.194. The summed E-state index contributed by atoms with van der Waals surface area (Å²) in [5.74, 6) is 0. The normalized spacial score (nSPS) is 13.5. The van der Waals surface area contributed by atoms with Gasteiger partial charge in [-0.2, -0.15) is 0 Å². The van der Waals surface area contributed by atoms with Crippen LogP contribution >= 0.6 is 69.6 Å². The highest BCUT2D eigenvalue weighted by Gasteiger charge is 2.33. The predicted octanol–water partition coefficient (Wildman–Crippen LogP) is 4.93.